The van der Waals surface area contributed by atoms with E-state index in [2.05, 4.69) is 5.32 Å². The zero-order valence-electron chi connectivity index (χ0n) is 14.4. The van der Waals surface area contributed by atoms with Crippen LogP contribution in [0, 0.1) is 0 Å². The average molecular weight is 376 g/mol. The first kappa shape index (κ1) is 19.8. The maximum atomic E-state index is 11.9. The Labute approximate surface area is 157 Å². The van der Waals surface area contributed by atoms with Gasteiger partial charge in [0.15, 0.2) is 6.61 Å². The van der Waals surface area contributed by atoms with Gasteiger partial charge >= 0.3 is 5.97 Å². The minimum Gasteiger partial charge on any atom is -0.482 e. The average Bonchev–Trinajstić information content (AvgIpc) is 2.63. The highest BCUT2D eigenvalue weighted by molar-refractivity contribution is 6.30. The van der Waals surface area contributed by atoms with Crippen LogP contribution in [0.15, 0.2) is 48.5 Å². The van der Waals surface area contributed by atoms with Gasteiger partial charge in [0.25, 0.3) is 0 Å². The third-order valence-electron chi connectivity index (χ3n) is 3.80. The quantitative estimate of drug-likeness (QED) is 0.666. The van der Waals surface area contributed by atoms with Crippen molar-refractivity contribution in [1.29, 1.82) is 0 Å². The summed E-state index contributed by atoms with van der Waals surface area (Å²) in [4.78, 5) is 22.3. The number of rotatable bonds is 10. The Morgan fingerprint density at radius 2 is 1.58 bits per heavy atom. The Morgan fingerprint density at radius 1 is 0.962 bits per heavy atom. The number of benzene rings is 2. The molecule has 5 nitrogen and oxygen atoms in total. The molecule has 0 aliphatic heterocycles. The molecule has 0 fully saturated rings. The molecule has 0 aliphatic carbocycles. The summed E-state index contributed by atoms with van der Waals surface area (Å²) < 4.78 is 5.08. The summed E-state index contributed by atoms with van der Waals surface area (Å²) in [7, 11) is 0. The Bertz CT molecular complexity index is 714. The number of hydrogen-bond donors (Lipinski definition) is 2. The van der Waals surface area contributed by atoms with Crippen molar-refractivity contribution in [3.8, 4) is 5.75 Å². The summed E-state index contributed by atoms with van der Waals surface area (Å²) in [6.07, 6.45) is 2.85. The van der Waals surface area contributed by atoms with E-state index in [1.165, 1.54) is 5.56 Å². The number of halogens is 1. The lowest BCUT2D eigenvalue weighted by atomic mass is 10.1. The van der Waals surface area contributed by atoms with Crippen LogP contribution in [0.5, 0.6) is 5.75 Å². The second-order valence-electron chi connectivity index (χ2n) is 5.91. The molecule has 0 bridgehead atoms. The molecule has 6 heteroatoms. The van der Waals surface area contributed by atoms with Crippen molar-refractivity contribution in [2.24, 2.45) is 0 Å². The molecule has 2 rings (SSSR count). The maximum Gasteiger partial charge on any atom is 0.341 e. The Morgan fingerprint density at radius 3 is 2.23 bits per heavy atom. The normalized spacial score (nSPS) is 10.3. The predicted molar refractivity (Wildman–Crippen MR) is 101 cm³/mol. The summed E-state index contributed by atoms with van der Waals surface area (Å²) >= 11 is 5.85. The molecule has 0 radical (unpaired) electrons. The van der Waals surface area contributed by atoms with Crippen molar-refractivity contribution in [2.45, 2.75) is 25.7 Å². The van der Waals surface area contributed by atoms with Crippen molar-refractivity contribution in [1.82, 2.24) is 5.32 Å². The van der Waals surface area contributed by atoms with E-state index in [1.807, 2.05) is 36.4 Å². The summed E-state index contributed by atoms with van der Waals surface area (Å²) in [5, 5.41) is 12.2. The first-order chi connectivity index (χ1) is 12.5. The molecule has 0 atom stereocenters. The zero-order chi connectivity index (χ0) is 18.8. The van der Waals surface area contributed by atoms with Gasteiger partial charge in [-0.1, -0.05) is 35.9 Å². The molecule has 1 amide bonds. The summed E-state index contributed by atoms with van der Waals surface area (Å²) in [6.45, 7) is 0.209. The van der Waals surface area contributed by atoms with E-state index < -0.39 is 5.97 Å². The highest BCUT2D eigenvalue weighted by Crippen LogP contribution is 2.13. The molecule has 0 saturated heterocycles. The number of aliphatic carboxylic acids is 1. The van der Waals surface area contributed by atoms with Crippen LogP contribution in [0.1, 0.15) is 24.0 Å². The first-order valence-corrected chi connectivity index (χ1v) is 8.85. The monoisotopic (exact) mass is 375 g/mol. The molecule has 138 valence electrons. The summed E-state index contributed by atoms with van der Waals surface area (Å²) in [5.41, 5.74) is 2.22. The van der Waals surface area contributed by atoms with Crippen LogP contribution in [-0.4, -0.2) is 30.1 Å². The summed E-state index contributed by atoms with van der Waals surface area (Å²) in [5.74, 6) is -0.449. The van der Waals surface area contributed by atoms with Crippen LogP contribution in [0.4, 0.5) is 0 Å². The molecule has 26 heavy (non-hydrogen) atoms. The van der Waals surface area contributed by atoms with Gasteiger partial charge < -0.3 is 15.2 Å². The molecular weight excluding hydrogens is 354 g/mol. The van der Waals surface area contributed by atoms with Crippen LogP contribution in [0.3, 0.4) is 0 Å². The number of ether oxygens (including phenoxy) is 1. The van der Waals surface area contributed by atoms with Crippen LogP contribution < -0.4 is 10.1 Å². The van der Waals surface area contributed by atoms with E-state index in [4.69, 9.17) is 21.4 Å². The number of carboxylic acid groups (broad SMARTS) is 1. The lowest BCUT2D eigenvalue weighted by Gasteiger charge is -2.07. The van der Waals surface area contributed by atoms with Gasteiger partial charge in [0.1, 0.15) is 5.75 Å². The number of carbonyl (C=O) groups is 2. The predicted octanol–water partition coefficient (Wildman–Crippen LogP) is 3.49. The zero-order valence-corrected chi connectivity index (χ0v) is 15.2. The van der Waals surface area contributed by atoms with Crippen molar-refractivity contribution in [2.75, 3.05) is 13.2 Å². The molecule has 2 aromatic rings. The molecule has 0 saturated carbocycles. The van der Waals surface area contributed by atoms with E-state index in [0.717, 1.165) is 18.4 Å². The van der Waals surface area contributed by atoms with E-state index in [0.29, 0.717) is 30.2 Å². The number of amides is 1. The van der Waals surface area contributed by atoms with Gasteiger partial charge in [-0.25, -0.2) is 4.79 Å². The first-order valence-electron chi connectivity index (χ1n) is 8.47. The van der Waals surface area contributed by atoms with E-state index in [9.17, 15) is 9.59 Å². The van der Waals surface area contributed by atoms with E-state index >= 15 is 0 Å². The SMILES string of the molecule is O=C(O)COc1ccc(CCNC(=O)CCCc2ccc(Cl)cc2)cc1. The number of carboxylic acids is 1. The minimum absolute atomic E-state index is 0.0420. The van der Waals surface area contributed by atoms with Crippen LogP contribution in [0.25, 0.3) is 0 Å². The largest absolute Gasteiger partial charge is 0.482 e. The smallest absolute Gasteiger partial charge is 0.341 e. The Balaban J connectivity index is 1.61. The third kappa shape index (κ3) is 7.57. The fraction of sp³-hybridized carbons (Fsp3) is 0.300. The van der Waals surface area contributed by atoms with E-state index in [1.54, 1.807) is 12.1 Å². The molecule has 2 N–H and O–H groups in total. The second-order valence-corrected chi connectivity index (χ2v) is 6.34. The van der Waals surface area contributed by atoms with Gasteiger partial charge in [-0.15, -0.1) is 0 Å². The van der Waals surface area contributed by atoms with Gasteiger partial charge in [-0.3, -0.25) is 4.79 Å². The van der Waals surface area contributed by atoms with Gasteiger partial charge in [-0.05, 0) is 54.7 Å². The highest BCUT2D eigenvalue weighted by atomic mass is 35.5. The van der Waals surface area contributed by atoms with Crippen LogP contribution in [0.2, 0.25) is 5.02 Å². The number of aryl methyl sites for hydroxylation is 1. The summed E-state index contributed by atoms with van der Waals surface area (Å²) in [6, 6.07) is 14.9. The number of carbonyl (C=O) groups excluding carboxylic acids is 1. The van der Waals surface area contributed by atoms with E-state index in [-0.39, 0.29) is 12.5 Å². The van der Waals surface area contributed by atoms with Crippen molar-refractivity contribution in [3.05, 3.63) is 64.7 Å². The number of hydrogen-bond acceptors (Lipinski definition) is 3. The fourth-order valence-electron chi connectivity index (χ4n) is 2.44. The molecule has 0 aliphatic rings. The second kappa shape index (κ2) is 10.5. The molecule has 0 aromatic heterocycles. The van der Waals surface area contributed by atoms with Crippen LogP contribution in [-0.2, 0) is 22.4 Å². The van der Waals surface area contributed by atoms with Crippen molar-refractivity contribution in [3.63, 3.8) is 0 Å². The standard InChI is InChI=1S/C20H22ClNO4/c21-17-8-4-15(5-9-17)2-1-3-19(23)22-13-12-16-6-10-18(11-7-16)26-14-20(24)25/h4-11H,1-3,12-14H2,(H,22,23)(H,24,25). The molecule has 0 heterocycles. The van der Waals surface area contributed by atoms with Gasteiger partial charge in [0.05, 0.1) is 0 Å². The van der Waals surface area contributed by atoms with Crippen LogP contribution >= 0.6 is 11.6 Å². The molecular formula is C20H22ClNO4. The molecule has 0 spiro atoms. The molecule has 0 unspecified atom stereocenters. The highest BCUT2D eigenvalue weighted by Gasteiger charge is 2.03. The van der Waals surface area contributed by atoms with Gasteiger partial charge in [-0.2, -0.15) is 0 Å². The fourth-order valence-corrected chi connectivity index (χ4v) is 2.56. The Kier molecular flexibility index (Phi) is 7.96. The van der Waals surface area contributed by atoms with Crippen molar-refractivity contribution < 1.29 is 19.4 Å². The van der Waals surface area contributed by atoms with Gasteiger partial charge in [0, 0.05) is 18.0 Å². The number of nitrogens with one attached hydrogen (secondary N) is 1. The Hall–Kier alpha value is -2.53. The minimum atomic E-state index is -1.01. The maximum absolute atomic E-state index is 11.9. The molecule has 2 aromatic carbocycles. The lowest BCUT2D eigenvalue weighted by Crippen LogP contribution is -2.25. The van der Waals surface area contributed by atoms with Crippen molar-refractivity contribution >= 4 is 23.5 Å². The lowest BCUT2D eigenvalue weighted by molar-refractivity contribution is -0.139. The topological polar surface area (TPSA) is 75.6 Å². The third-order valence-corrected chi connectivity index (χ3v) is 4.06. The van der Waals surface area contributed by atoms with Gasteiger partial charge in [0.2, 0.25) is 5.91 Å².